The predicted octanol–water partition coefficient (Wildman–Crippen LogP) is 2.83. The Labute approximate surface area is 123 Å². The topological polar surface area (TPSA) is 54.0 Å². The van der Waals surface area contributed by atoms with Gasteiger partial charge >= 0.3 is 0 Å². The number of hydrogen-bond acceptors (Lipinski definition) is 3. The molecule has 0 fully saturated rings. The number of aromatic nitrogens is 1. The van der Waals surface area contributed by atoms with E-state index in [1.54, 1.807) is 18.3 Å². The van der Waals surface area contributed by atoms with E-state index in [9.17, 15) is 4.79 Å². The number of hydrogen-bond donors (Lipinski definition) is 2. The fourth-order valence-corrected chi connectivity index (χ4v) is 1.82. The van der Waals surface area contributed by atoms with Gasteiger partial charge in [0.15, 0.2) is 5.11 Å². The molecule has 1 heterocycles. The van der Waals surface area contributed by atoms with Gasteiger partial charge in [-0.15, -0.1) is 0 Å². The summed E-state index contributed by atoms with van der Waals surface area (Å²) in [5, 5.41) is 5.78. The van der Waals surface area contributed by atoms with Crippen molar-refractivity contribution in [3.63, 3.8) is 0 Å². The monoisotopic (exact) mass is 285 g/mol. The fraction of sp³-hybridized carbons (Fsp3) is 0.133. The SMILES string of the molecule is Cc1ccc(C(=O)NC(=S)Nc2ncccc2C)cc1. The fourth-order valence-electron chi connectivity index (χ4n) is 1.64. The molecule has 0 aliphatic rings. The molecule has 102 valence electrons. The maximum absolute atomic E-state index is 12.0. The van der Waals surface area contributed by atoms with E-state index in [-0.39, 0.29) is 11.0 Å². The van der Waals surface area contributed by atoms with Gasteiger partial charge in [-0.25, -0.2) is 4.98 Å². The minimum Gasteiger partial charge on any atom is -0.317 e. The van der Waals surface area contributed by atoms with E-state index in [1.807, 2.05) is 38.1 Å². The Kier molecular flexibility index (Phi) is 4.42. The number of rotatable bonds is 2. The summed E-state index contributed by atoms with van der Waals surface area (Å²) in [6.45, 7) is 3.89. The summed E-state index contributed by atoms with van der Waals surface area (Å²) in [5.41, 5.74) is 2.63. The van der Waals surface area contributed by atoms with Crippen molar-refractivity contribution in [1.82, 2.24) is 10.3 Å². The molecule has 0 saturated carbocycles. The Bertz CT molecular complexity index is 638. The third-order valence-electron chi connectivity index (χ3n) is 2.78. The molecule has 0 saturated heterocycles. The molecule has 0 spiro atoms. The van der Waals surface area contributed by atoms with E-state index in [0.29, 0.717) is 11.4 Å². The minimum absolute atomic E-state index is 0.234. The molecule has 2 rings (SSSR count). The number of carbonyl (C=O) groups excluding carboxylic acids is 1. The summed E-state index contributed by atoms with van der Waals surface area (Å²) in [6.07, 6.45) is 1.67. The molecule has 2 N–H and O–H groups in total. The second-order valence-corrected chi connectivity index (χ2v) is 4.85. The van der Waals surface area contributed by atoms with Crippen molar-refractivity contribution in [1.29, 1.82) is 0 Å². The highest BCUT2D eigenvalue weighted by Gasteiger charge is 2.08. The van der Waals surface area contributed by atoms with Crippen molar-refractivity contribution in [3.05, 3.63) is 59.3 Å². The maximum Gasteiger partial charge on any atom is 0.257 e. The van der Waals surface area contributed by atoms with Gasteiger partial charge in [0.2, 0.25) is 0 Å². The van der Waals surface area contributed by atoms with Crippen LogP contribution in [0.1, 0.15) is 21.5 Å². The maximum atomic E-state index is 12.0. The first-order chi connectivity index (χ1) is 9.56. The van der Waals surface area contributed by atoms with Crippen molar-refractivity contribution >= 4 is 29.1 Å². The van der Waals surface area contributed by atoms with Crippen molar-refractivity contribution in [2.75, 3.05) is 5.32 Å². The molecule has 2 aromatic rings. The summed E-state index contributed by atoms with van der Waals surface area (Å²) < 4.78 is 0. The van der Waals surface area contributed by atoms with Gasteiger partial charge in [0.25, 0.3) is 5.91 Å². The smallest absolute Gasteiger partial charge is 0.257 e. The quantitative estimate of drug-likeness (QED) is 0.833. The molecule has 1 amide bonds. The van der Waals surface area contributed by atoms with Crippen LogP contribution >= 0.6 is 12.2 Å². The molecule has 1 aromatic carbocycles. The molecule has 0 bridgehead atoms. The molecule has 0 unspecified atom stereocenters. The third-order valence-corrected chi connectivity index (χ3v) is 2.99. The van der Waals surface area contributed by atoms with E-state index in [4.69, 9.17) is 12.2 Å². The molecule has 0 atom stereocenters. The van der Waals surface area contributed by atoms with Crippen molar-refractivity contribution in [3.8, 4) is 0 Å². The van der Waals surface area contributed by atoms with E-state index in [1.165, 1.54) is 0 Å². The molecule has 0 radical (unpaired) electrons. The zero-order valence-corrected chi connectivity index (χ0v) is 12.1. The number of benzene rings is 1. The van der Waals surface area contributed by atoms with Gasteiger partial charge in [-0.05, 0) is 49.8 Å². The molecular weight excluding hydrogens is 270 g/mol. The summed E-state index contributed by atoms with van der Waals surface area (Å²) in [7, 11) is 0. The molecular formula is C15H15N3OS. The van der Waals surface area contributed by atoms with Crippen LogP contribution in [0.25, 0.3) is 0 Å². The molecule has 20 heavy (non-hydrogen) atoms. The lowest BCUT2D eigenvalue weighted by atomic mass is 10.1. The zero-order chi connectivity index (χ0) is 14.5. The Morgan fingerprint density at radius 1 is 1.15 bits per heavy atom. The summed E-state index contributed by atoms with van der Waals surface area (Å²) in [5.74, 6) is 0.401. The first-order valence-corrected chi connectivity index (χ1v) is 6.58. The highest BCUT2D eigenvalue weighted by Crippen LogP contribution is 2.09. The van der Waals surface area contributed by atoms with Crippen LogP contribution in [0.3, 0.4) is 0 Å². The number of thiocarbonyl (C=S) groups is 1. The lowest BCUT2D eigenvalue weighted by Gasteiger charge is -2.10. The summed E-state index contributed by atoms with van der Waals surface area (Å²) >= 11 is 5.11. The average Bonchev–Trinajstić information content (AvgIpc) is 2.42. The highest BCUT2D eigenvalue weighted by atomic mass is 32.1. The number of nitrogens with one attached hydrogen (secondary N) is 2. The first kappa shape index (κ1) is 14.1. The Balaban J connectivity index is 2.00. The number of nitrogens with zero attached hydrogens (tertiary/aromatic N) is 1. The zero-order valence-electron chi connectivity index (χ0n) is 11.3. The van der Waals surface area contributed by atoms with E-state index >= 15 is 0 Å². The predicted molar refractivity (Wildman–Crippen MR) is 83.8 cm³/mol. The van der Waals surface area contributed by atoms with Crippen LogP contribution in [-0.2, 0) is 0 Å². The highest BCUT2D eigenvalue weighted by molar-refractivity contribution is 7.80. The van der Waals surface area contributed by atoms with Crippen LogP contribution in [-0.4, -0.2) is 16.0 Å². The summed E-state index contributed by atoms with van der Waals surface area (Å²) in [6, 6.07) is 11.1. The van der Waals surface area contributed by atoms with E-state index in [2.05, 4.69) is 15.6 Å². The summed E-state index contributed by atoms with van der Waals surface area (Å²) in [4.78, 5) is 16.1. The standard InChI is InChI=1S/C15H15N3OS/c1-10-5-7-12(8-6-10)14(19)18-15(20)17-13-11(2)4-3-9-16-13/h3-9H,1-2H3,(H2,16,17,18,19,20). The van der Waals surface area contributed by atoms with Gasteiger partial charge in [0, 0.05) is 11.8 Å². The van der Waals surface area contributed by atoms with Crippen molar-refractivity contribution in [2.24, 2.45) is 0 Å². The lowest BCUT2D eigenvalue weighted by Crippen LogP contribution is -2.34. The molecule has 0 aliphatic heterocycles. The largest absolute Gasteiger partial charge is 0.317 e. The number of pyridine rings is 1. The van der Waals surface area contributed by atoms with Crippen LogP contribution < -0.4 is 10.6 Å². The second kappa shape index (κ2) is 6.25. The van der Waals surface area contributed by atoms with Gasteiger partial charge in [-0.3, -0.25) is 10.1 Å². The van der Waals surface area contributed by atoms with Crippen LogP contribution in [0.5, 0.6) is 0 Å². The number of anilines is 1. The van der Waals surface area contributed by atoms with Crippen molar-refractivity contribution in [2.45, 2.75) is 13.8 Å². The van der Waals surface area contributed by atoms with E-state index in [0.717, 1.165) is 11.1 Å². The van der Waals surface area contributed by atoms with Gasteiger partial charge in [0.1, 0.15) is 5.82 Å². The van der Waals surface area contributed by atoms with Crippen LogP contribution in [0, 0.1) is 13.8 Å². The molecule has 1 aromatic heterocycles. The first-order valence-electron chi connectivity index (χ1n) is 6.17. The van der Waals surface area contributed by atoms with Crippen LogP contribution in [0.15, 0.2) is 42.6 Å². The molecule has 0 aliphatic carbocycles. The van der Waals surface area contributed by atoms with E-state index < -0.39 is 0 Å². The average molecular weight is 285 g/mol. The lowest BCUT2D eigenvalue weighted by molar-refractivity contribution is 0.0977. The van der Waals surface area contributed by atoms with Crippen LogP contribution in [0.2, 0.25) is 0 Å². The van der Waals surface area contributed by atoms with Crippen LogP contribution in [0.4, 0.5) is 5.82 Å². The number of carbonyl (C=O) groups is 1. The van der Waals surface area contributed by atoms with Crippen molar-refractivity contribution < 1.29 is 4.79 Å². The Morgan fingerprint density at radius 2 is 1.85 bits per heavy atom. The Hall–Kier alpha value is -2.27. The number of amides is 1. The van der Waals surface area contributed by atoms with Gasteiger partial charge < -0.3 is 5.32 Å². The minimum atomic E-state index is -0.240. The molecule has 4 nitrogen and oxygen atoms in total. The van der Waals surface area contributed by atoms with Gasteiger partial charge in [0.05, 0.1) is 0 Å². The Morgan fingerprint density at radius 3 is 2.50 bits per heavy atom. The number of aryl methyl sites for hydroxylation is 2. The normalized spacial score (nSPS) is 9.90. The molecule has 5 heteroatoms. The van der Waals surface area contributed by atoms with Gasteiger partial charge in [-0.2, -0.15) is 0 Å². The third kappa shape index (κ3) is 3.61. The second-order valence-electron chi connectivity index (χ2n) is 4.44. The van der Waals surface area contributed by atoms with Gasteiger partial charge in [-0.1, -0.05) is 23.8 Å².